The standard InChI is InChI=1S/C20H27NO5/c1-5-9-17-20(4,25-13-15-10-7-6-8-11-15)18(23)21(19(24)26-17)16(12-22)14(2)3/h5-11,14,16-17,22H,12-13H2,1-4H3/b9-5+/t16-,17+,20+/m1/s1. The number of benzene rings is 1. The molecule has 1 aliphatic rings. The van der Waals surface area contributed by atoms with Gasteiger partial charge in [-0.1, -0.05) is 50.3 Å². The van der Waals surface area contributed by atoms with Crippen LogP contribution in [-0.2, 0) is 20.9 Å². The summed E-state index contributed by atoms with van der Waals surface area (Å²) in [6.45, 7) is 6.95. The number of allylic oxidation sites excluding steroid dienone is 1. The van der Waals surface area contributed by atoms with E-state index < -0.39 is 29.7 Å². The smallest absolute Gasteiger partial charge is 0.417 e. The average molecular weight is 361 g/mol. The summed E-state index contributed by atoms with van der Waals surface area (Å²) >= 11 is 0. The molecule has 0 radical (unpaired) electrons. The fourth-order valence-corrected chi connectivity index (χ4v) is 2.95. The van der Waals surface area contributed by atoms with Crippen molar-refractivity contribution in [1.82, 2.24) is 4.90 Å². The van der Waals surface area contributed by atoms with Crippen LogP contribution in [0.5, 0.6) is 0 Å². The Balaban J connectivity index is 2.33. The second-order valence-corrected chi connectivity index (χ2v) is 6.88. The Morgan fingerprint density at radius 2 is 1.96 bits per heavy atom. The van der Waals surface area contributed by atoms with E-state index >= 15 is 0 Å². The third-order valence-corrected chi connectivity index (χ3v) is 4.65. The lowest BCUT2D eigenvalue weighted by Gasteiger charge is -2.45. The fraction of sp³-hybridized carbons (Fsp3) is 0.500. The number of amides is 2. The van der Waals surface area contributed by atoms with Gasteiger partial charge >= 0.3 is 6.09 Å². The van der Waals surface area contributed by atoms with E-state index in [9.17, 15) is 14.7 Å². The Labute approximate surface area is 154 Å². The lowest BCUT2D eigenvalue weighted by atomic mass is 9.92. The summed E-state index contributed by atoms with van der Waals surface area (Å²) in [7, 11) is 0. The van der Waals surface area contributed by atoms with E-state index in [1.807, 2.05) is 44.2 Å². The van der Waals surface area contributed by atoms with E-state index in [-0.39, 0.29) is 19.1 Å². The van der Waals surface area contributed by atoms with Crippen molar-refractivity contribution < 1.29 is 24.2 Å². The van der Waals surface area contributed by atoms with Crippen molar-refractivity contribution in [3.8, 4) is 0 Å². The SMILES string of the molecule is C/C=C/[C@@H]1OC(=O)N([C@H](CO)C(C)C)C(=O)[C@@]1(C)OCc1ccccc1. The molecule has 1 fully saturated rings. The van der Waals surface area contributed by atoms with Gasteiger partial charge in [-0.3, -0.25) is 4.79 Å². The molecule has 0 spiro atoms. The topological polar surface area (TPSA) is 76.1 Å². The first-order valence-electron chi connectivity index (χ1n) is 8.81. The molecule has 6 nitrogen and oxygen atoms in total. The zero-order valence-electron chi connectivity index (χ0n) is 15.7. The molecule has 0 aromatic heterocycles. The molecule has 142 valence electrons. The number of hydrogen-bond donors (Lipinski definition) is 1. The van der Waals surface area contributed by atoms with Gasteiger partial charge in [-0.25, -0.2) is 9.69 Å². The normalized spacial score (nSPS) is 25.0. The van der Waals surface area contributed by atoms with E-state index in [1.54, 1.807) is 26.0 Å². The molecule has 1 heterocycles. The minimum Gasteiger partial charge on any atom is -0.438 e. The molecule has 1 aliphatic heterocycles. The quantitative estimate of drug-likeness (QED) is 0.756. The fourth-order valence-electron chi connectivity index (χ4n) is 2.95. The highest BCUT2D eigenvalue weighted by Gasteiger charge is 2.54. The first kappa shape index (κ1) is 20.1. The number of carbonyl (C=O) groups excluding carboxylic acids is 2. The molecule has 2 rings (SSSR count). The third-order valence-electron chi connectivity index (χ3n) is 4.65. The lowest BCUT2D eigenvalue weighted by molar-refractivity contribution is -0.185. The van der Waals surface area contributed by atoms with Gasteiger partial charge in [0.15, 0.2) is 11.7 Å². The van der Waals surface area contributed by atoms with Crippen molar-refractivity contribution in [3.63, 3.8) is 0 Å². The molecular weight excluding hydrogens is 334 g/mol. The van der Waals surface area contributed by atoms with Gasteiger partial charge < -0.3 is 14.6 Å². The largest absolute Gasteiger partial charge is 0.438 e. The van der Waals surface area contributed by atoms with Crippen LogP contribution in [0.3, 0.4) is 0 Å². The van der Waals surface area contributed by atoms with Crippen molar-refractivity contribution in [2.75, 3.05) is 6.61 Å². The number of carbonyl (C=O) groups is 2. The van der Waals surface area contributed by atoms with Crippen LogP contribution in [0.15, 0.2) is 42.5 Å². The molecule has 1 aromatic carbocycles. The molecule has 0 unspecified atom stereocenters. The van der Waals surface area contributed by atoms with E-state index in [4.69, 9.17) is 9.47 Å². The second kappa shape index (κ2) is 8.47. The maximum absolute atomic E-state index is 13.2. The van der Waals surface area contributed by atoms with Gasteiger partial charge in [0.1, 0.15) is 0 Å². The zero-order chi connectivity index (χ0) is 19.3. The number of aliphatic hydroxyl groups excluding tert-OH is 1. The van der Waals surface area contributed by atoms with Crippen molar-refractivity contribution in [1.29, 1.82) is 0 Å². The summed E-state index contributed by atoms with van der Waals surface area (Å²) in [5.41, 5.74) is -0.467. The molecule has 1 saturated heterocycles. The number of ether oxygens (including phenoxy) is 2. The molecule has 2 amide bonds. The number of imide groups is 1. The summed E-state index contributed by atoms with van der Waals surface area (Å²) in [6.07, 6.45) is 1.77. The van der Waals surface area contributed by atoms with Crippen molar-refractivity contribution in [2.45, 2.75) is 52.0 Å². The highest BCUT2D eigenvalue weighted by atomic mass is 16.6. The third kappa shape index (κ3) is 3.97. The van der Waals surface area contributed by atoms with Gasteiger partial charge in [-0.15, -0.1) is 0 Å². The van der Waals surface area contributed by atoms with Gasteiger partial charge in [0.2, 0.25) is 0 Å². The van der Waals surface area contributed by atoms with Gasteiger partial charge in [0.05, 0.1) is 19.3 Å². The van der Waals surface area contributed by atoms with E-state index in [2.05, 4.69) is 0 Å². The summed E-state index contributed by atoms with van der Waals surface area (Å²) < 4.78 is 11.5. The molecule has 0 aliphatic carbocycles. The zero-order valence-corrected chi connectivity index (χ0v) is 15.7. The summed E-state index contributed by atoms with van der Waals surface area (Å²) in [6, 6.07) is 8.81. The molecular formula is C20H27NO5. The van der Waals surface area contributed by atoms with Crippen LogP contribution in [0.1, 0.15) is 33.3 Å². The number of cyclic esters (lactones) is 1. The molecule has 0 bridgehead atoms. The number of nitrogens with zero attached hydrogens (tertiary/aromatic N) is 1. The van der Waals surface area contributed by atoms with Crippen molar-refractivity contribution in [3.05, 3.63) is 48.0 Å². The Bertz CT molecular complexity index is 657. The molecule has 0 saturated carbocycles. The van der Waals surface area contributed by atoms with Crippen LogP contribution in [0.2, 0.25) is 0 Å². The summed E-state index contributed by atoms with van der Waals surface area (Å²) in [5.74, 6) is -0.617. The molecule has 1 aromatic rings. The average Bonchev–Trinajstić information content (AvgIpc) is 2.62. The number of aliphatic hydroxyl groups is 1. The maximum Gasteiger partial charge on any atom is 0.417 e. The maximum atomic E-state index is 13.2. The summed E-state index contributed by atoms with van der Waals surface area (Å²) in [4.78, 5) is 26.7. The number of rotatable bonds is 7. The van der Waals surface area contributed by atoms with Crippen LogP contribution in [0, 0.1) is 5.92 Å². The van der Waals surface area contributed by atoms with E-state index in [1.165, 1.54) is 0 Å². The lowest BCUT2D eigenvalue weighted by Crippen LogP contribution is -2.66. The van der Waals surface area contributed by atoms with Gasteiger partial charge in [0, 0.05) is 0 Å². The Morgan fingerprint density at radius 1 is 1.31 bits per heavy atom. The minimum atomic E-state index is -1.38. The van der Waals surface area contributed by atoms with Crippen LogP contribution >= 0.6 is 0 Å². The Hall–Kier alpha value is -2.18. The molecule has 3 atom stereocenters. The van der Waals surface area contributed by atoms with Crippen LogP contribution in [0.4, 0.5) is 4.79 Å². The van der Waals surface area contributed by atoms with E-state index in [0.29, 0.717) is 0 Å². The van der Waals surface area contributed by atoms with Crippen molar-refractivity contribution in [2.24, 2.45) is 5.92 Å². The summed E-state index contributed by atoms with van der Waals surface area (Å²) in [5, 5.41) is 9.68. The van der Waals surface area contributed by atoms with Crippen LogP contribution < -0.4 is 0 Å². The first-order chi connectivity index (χ1) is 12.3. The molecule has 6 heteroatoms. The van der Waals surface area contributed by atoms with E-state index in [0.717, 1.165) is 10.5 Å². The van der Waals surface area contributed by atoms with Gasteiger partial charge in [0.25, 0.3) is 5.91 Å². The number of hydrogen-bond acceptors (Lipinski definition) is 5. The molecule has 26 heavy (non-hydrogen) atoms. The van der Waals surface area contributed by atoms with Gasteiger partial charge in [-0.2, -0.15) is 0 Å². The highest BCUT2D eigenvalue weighted by Crippen LogP contribution is 2.32. The van der Waals surface area contributed by atoms with Crippen LogP contribution in [0.25, 0.3) is 0 Å². The molecule has 1 N–H and O–H groups in total. The predicted molar refractivity (Wildman–Crippen MR) is 97.3 cm³/mol. The highest BCUT2D eigenvalue weighted by molar-refractivity contribution is 6.00. The Kier molecular flexibility index (Phi) is 6.56. The van der Waals surface area contributed by atoms with Crippen LogP contribution in [-0.4, -0.2) is 46.4 Å². The van der Waals surface area contributed by atoms with Crippen molar-refractivity contribution >= 4 is 12.0 Å². The first-order valence-corrected chi connectivity index (χ1v) is 8.81. The second-order valence-electron chi connectivity index (χ2n) is 6.88. The Morgan fingerprint density at radius 3 is 2.50 bits per heavy atom. The monoisotopic (exact) mass is 361 g/mol. The minimum absolute atomic E-state index is 0.117. The predicted octanol–water partition coefficient (Wildman–Crippen LogP) is 2.90. The van der Waals surface area contributed by atoms with Gasteiger partial charge in [-0.05, 0) is 31.4 Å².